The van der Waals surface area contributed by atoms with E-state index in [4.69, 9.17) is 4.52 Å². The third kappa shape index (κ3) is 2.65. The van der Waals surface area contributed by atoms with Crippen LogP contribution in [0.25, 0.3) is 22.2 Å². The fourth-order valence-corrected chi connectivity index (χ4v) is 2.76. The van der Waals surface area contributed by atoms with Crippen LogP contribution in [0.4, 0.5) is 0 Å². The molecule has 1 aliphatic rings. The summed E-state index contributed by atoms with van der Waals surface area (Å²) in [5, 5.41) is 18.9. The number of rotatable bonds is 2. The van der Waals surface area contributed by atoms with Crippen LogP contribution in [0.3, 0.4) is 0 Å². The lowest BCUT2D eigenvalue weighted by atomic mass is 10.1. The largest absolute Gasteiger partial charge is 0.508 e. The lowest BCUT2D eigenvalue weighted by molar-refractivity contribution is 0.345. The molecule has 0 aliphatic carbocycles. The molecule has 22 heavy (non-hydrogen) atoms. The van der Waals surface area contributed by atoms with Crippen molar-refractivity contribution in [1.82, 2.24) is 15.5 Å². The van der Waals surface area contributed by atoms with Crippen molar-refractivity contribution in [1.29, 1.82) is 0 Å². The Kier molecular flexibility index (Phi) is 4.00. The summed E-state index contributed by atoms with van der Waals surface area (Å²) >= 11 is 0. The first-order chi connectivity index (χ1) is 10.3. The van der Waals surface area contributed by atoms with Gasteiger partial charge in [0.1, 0.15) is 5.75 Å². The summed E-state index contributed by atoms with van der Waals surface area (Å²) in [6.07, 6.45) is 2.18. The average Bonchev–Trinajstić information content (AvgIpc) is 3.17. The van der Waals surface area contributed by atoms with E-state index in [0.717, 1.165) is 35.7 Å². The number of aromatic hydroxyl groups is 1. The summed E-state index contributed by atoms with van der Waals surface area (Å²) in [4.78, 5) is 4.50. The van der Waals surface area contributed by atoms with Crippen LogP contribution < -0.4 is 5.32 Å². The Bertz CT molecular complexity index is 797. The number of phenols is 1. The molecule has 3 aromatic rings. The quantitative estimate of drug-likeness (QED) is 0.757. The highest BCUT2D eigenvalue weighted by Crippen LogP contribution is 2.27. The van der Waals surface area contributed by atoms with Gasteiger partial charge in [0.15, 0.2) is 0 Å². The van der Waals surface area contributed by atoms with Crippen LogP contribution >= 0.6 is 12.4 Å². The molecule has 1 fully saturated rings. The van der Waals surface area contributed by atoms with Crippen molar-refractivity contribution in [2.45, 2.75) is 18.9 Å². The fraction of sp³-hybridized carbons (Fsp3) is 0.250. The van der Waals surface area contributed by atoms with Gasteiger partial charge in [0.05, 0.1) is 6.04 Å². The van der Waals surface area contributed by atoms with Gasteiger partial charge in [-0.1, -0.05) is 23.4 Å². The molecule has 2 heterocycles. The van der Waals surface area contributed by atoms with Gasteiger partial charge in [-0.3, -0.25) is 0 Å². The van der Waals surface area contributed by atoms with Crippen molar-refractivity contribution in [3.8, 4) is 17.1 Å². The number of aromatic nitrogens is 2. The molecule has 1 aliphatic heterocycles. The first-order valence-electron chi connectivity index (χ1n) is 7.10. The van der Waals surface area contributed by atoms with Crippen LogP contribution in [0, 0.1) is 0 Å². The van der Waals surface area contributed by atoms with Crippen LogP contribution in [-0.4, -0.2) is 21.8 Å². The minimum atomic E-state index is 0. The molecule has 1 aromatic heterocycles. The molecule has 5 nitrogen and oxygen atoms in total. The van der Waals surface area contributed by atoms with E-state index in [9.17, 15) is 5.11 Å². The molecule has 4 rings (SSSR count). The van der Waals surface area contributed by atoms with Crippen LogP contribution in [-0.2, 0) is 0 Å². The van der Waals surface area contributed by atoms with Crippen molar-refractivity contribution in [2.75, 3.05) is 6.54 Å². The van der Waals surface area contributed by atoms with Gasteiger partial charge in [0, 0.05) is 5.56 Å². The maximum Gasteiger partial charge on any atom is 0.244 e. The monoisotopic (exact) mass is 317 g/mol. The Morgan fingerprint density at radius 1 is 1.14 bits per heavy atom. The minimum absolute atomic E-state index is 0. The maximum atomic E-state index is 9.49. The molecule has 0 radical (unpaired) electrons. The second-order valence-corrected chi connectivity index (χ2v) is 5.35. The zero-order chi connectivity index (χ0) is 14.2. The second-order valence-electron chi connectivity index (χ2n) is 5.35. The number of benzene rings is 2. The fourth-order valence-electron chi connectivity index (χ4n) is 2.76. The number of hydrogen-bond acceptors (Lipinski definition) is 5. The molecule has 0 bridgehead atoms. The standard InChI is InChI=1S/C16H15N3O2.ClH/c20-13-6-5-10-8-12(4-3-11(10)9-13)15-18-16(21-19-15)14-2-1-7-17-14;/h3-6,8-9,14,17,20H,1-2,7H2;1H. The molecule has 0 saturated carbocycles. The Morgan fingerprint density at radius 3 is 2.77 bits per heavy atom. The number of nitrogens with zero attached hydrogens (tertiary/aromatic N) is 2. The first kappa shape index (κ1) is 14.8. The van der Waals surface area contributed by atoms with E-state index >= 15 is 0 Å². The molecule has 114 valence electrons. The van der Waals surface area contributed by atoms with Gasteiger partial charge in [0.25, 0.3) is 0 Å². The molecule has 1 atom stereocenters. The number of hydrogen-bond donors (Lipinski definition) is 2. The lowest BCUT2D eigenvalue weighted by Gasteiger charge is -2.02. The number of halogens is 1. The van der Waals surface area contributed by atoms with E-state index in [1.165, 1.54) is 0 Å². The SMILES string of the molecule is Cl.Oc1ccc2cc(-c3noc(C4CCCN4)n3)ccc2c1. The van der Waals surface area contributed by atoms with Crippen molar-refractivity contribution < 1.29 is 9.63 Å². The second kappa shape index (κ2) is 5.94. The van der Waals surface area contributed by atoms with E-state index < -0.39 is 0 Å². The zero-order valence-electron chi connectivity index (χ0n) is 11.8. The van der Waals surface area contributed by atoms with Crippen molar-refractivity contribution >= 4 is 23.2 Å². The van der Waals surface area contributed by atoms with Crippen LogP contribution in [0.1, 0.15) is 24.8 Å². The van der Waals surface area contributed by atoms with E-state index in [1.54, 1.807) is 12.1 Å². The highest BCUT2D eigenvalue weighted by atomic mass is 35.5. The third-order valence-corrected chi connectivity index (χ3v) is 3.88. The molecule has 0 amide bonds. The normalized spacial score (nSPS) is 17.5. The van der Waals surface area contributed by atoms with E-state index in [0.29, 0.717) is 11.7 Å². The molecular formula is C16H16ClN3O2. The molecule has 6 heteroatoms. The molecule has 0 spiro atoms. The van der Waals surface area contributed by atoms with Gasteiger partial charge in [-0.05, 0) is 48.4 Å². The molecule has 1 saturated heterocycles. The van der Waals surface area contributed by atoms with Gasteiger partial charge in [-0.25, -0.2) is 0 Å². The van der Waals surface area contributed by atoms with Crippen LogP contribution in [0.15, 0.2) is 40.9 Å². The Morgan fingerprint density at radius 2 is 1.95 bits per heavy atom. The zero-order valence-corrected chi connectivity index (χ0v) is 12.6. The minimum Gasteiger partial charge on any atom is -0.508 e. The highest BCUT2D eigenvalue weighted by Gasteiger charge is 2.22. The van der Waals surface area contributed by atoms with Gasteiger partial charge < -0.3 is 14.9 Å². The number of fused-ring (bicyclic) bond motifs is 1. The van der Waals surface area contributed by atoms with Gasteiger partial charge in [-0.15, -0.1) is 12.4 Å². The van der Waals surface area contributed by atoms with E-state index in [-0.39, 0.29) is 24.2 Å². The van der Waals surface area contributed by atoms with Gasteiger partial charge in [0.2, 0.25) is 11.7 Å². The molecule has 2 aromatic carbocycles. The summed E-state index contributed by atoms with van der Waals surface area (Å²) in [6, 6.07) is 11.4. The number of nitrogens with one attached hydrogen (secondary N) is 1. The van der Waals surface area contributed by atoms with E-state index in [2.05, 4.69) is 15.5 Å². The summed E-state index contributed by atoms with van der Waals surface area (Å²) in [6.45, 7) is 1.00. The van der Waals surface area contributed by atoms with E-state index in [1.807, 2.05) is 24.3 Å². The molecule has 1 unspecified atom stereocenters. The number of phenolic OH excluding ortho intramolecular Hbond substituents is 1. The highest BCUT2D eigenvalue weighted by molar-refractivity contribution is 5.87. The summed E-state index contributed by atoms with van der Waals surface area (Å²) < 4.78 is 5.37. The Hall–Kier alpha value is -2.11. The Balaban J connectivity index is 0.00000144. The summed E-state index contributed by atoms with van der Waals surface area (Å²) in [7, 11) is 0. The average molecular weight is 318 g/mol. The topological polar surface area (TPSA) is 71.2 Å². The first-order valence-corrected chi connectivity index (χ1v) is 7.10. The third-order valence-electron chi connectivity index (χ3n) is 3.88. The maximum absolute atomic E-state index is 9.49. The molecule has 2 N–H and O–H groups in total. The predicted molar refractivity (Wildman–Crippen MR) is 86.1 cm³/mol. The van der Waals surface area contributed by atoms with Crippen molar-refractivity contribution in [2.24, 2.45) is 0 Å². The van der Waals surface area contributed by atoms with Gasteiger partial charge in [-0.2, -0.15) is 4.98 Å². The predicted octanol–water partition coefficient (Wildman–Crippen LogP) is 3.44. The van der Waals surface area contributed by atoms with Crippen LogP contribution in [0.5, 0.6) is 5.75 Å². The van der Waals surface area contributed by atoms with Crippen molar-refractivity contribution in [3.05, 3.63) is 42.3 Å². The van der Waals surface area contributed by atoms with Gasteiger partial charge >= 0.3 is 0 Å². The van der Waals surface area contributed by atoms with Crippen molar-refractivity contribution in [3.63, 3.8) is 0 Å². The van der Waals surface area contributed by atoms with Crippen LogP contribution in [0.2, 0.25) is 0 Å². The Labute approximate surface area is 133 Å². The smallest absolute Gasteiger partial charge is 0.244 e. The molecular weight excluding hydrogens is 302 g/mol. The summed E-state index contributed by atoms with van der Waals surface area (Å²) in [5.74, 6) is 1.53. The summed E-state index contributed by atoms with van der Waals surface area (Å²) in [5.41, 5.74) is 0.918. The lowest BCUT2D eigenvalue weighted by Crippen LogP contribution is -2.12.